The van der Waals surface area contributed by atoms with Gasteiger partial charge in [-0.1, -0.05) is 18.2 Å². The molecule has 1 N–H and O–H groups in total. The van der Waals surface area contributed by atoms with Gasteiger partial charge in [0.05, 0.1) is 25.0 Å². The molecule has 0 bridgehead atoms. The van der Waals surface area contributed by atoms with E-state index in [1.54, 1.807) is 24.3 Å². The Kier molecular flexibility index (Phi) is 3.72. The first-order valence-electron chi connectivity index (χ1n) is 5.54. The molecule has 4 nitrogen and oxygen atoms in total. The van der Waals surface area contributed by atoms with Crippen LogP contribution >= 0.6 is 0 Å². The van der Waals surface area contributed by atoms with Gasteiger partial charge < -0.3 is 9.84 Å². The standard InChI is InChI=1S/C13H12FNO3/c14-6-3-7-18-11-8-15-10-5-2-1-4-9(10)12(11)13(16)17/h1-2,4-5,8H,3,6-7H2,(H,16,17). The maximum absolute atomic E-state index is 12.0. The number of carboxylic acids is 1. The number of aromatic nitrogens is 1. The number of alkyl halides is 1. The van der Waals surface area contributed by atoms with Crippen LogP contribution in [0.3, 0.4) is 0 Å². The minimum Gasteiger partial charge on any atom is -0.491 e. The van der Waals surface area contributed by atoms with E-state index in [0.29, 0.717) is 10.9 Å². The van der Waals surface area contributed by atoms with Crippen LogP contribution in [-0.2, 0) is 0 Å². The van der Waals surface area contributed by atoms with E-state index in [1.165, 1.54) is 6.20 Å². The first-order chi connectivity index (χ1) is 8.74. The molecule has 94 valence electrons. The Labute approximate surface area is 103 Å². The highest BCUT2D eigenvalue weighted by Gasteiger charge is 2.16. The first kappa shape index (κ1) is 12.3. The molecule has 0 atom stereocenters. The van der Waals surface area contributed by atoms with Crippen LogP contribution in [0.1, 0.15) is 16.8 Å². The maximum Gasteiger partial charge on any atom is 0.340 e. The molecule has 18 heavy (non-hydrogen) atoms. The molecule has 2 rings (SSSR count). The molecule has 0 saturated carbocycles. The molecule has 0 unspecified atom stereocenters. The third-order valence-electron chi connectivity index (χ3n) is 2.49. The minimum absolute atomic E-state index is 0.0689. The van der Waals surface area contributed by atoms with Crippen LogP contribution in [-0.4, -0.2) is 29.3 Å². The summed E-state index contributed by atoms with van der Waals surface area (Å²) in [4.78, 5) is 15.4. The molecule has 0 saturated heterocycles. The van der Waals surface area contributed by atoms with Crippen LogP contribution in [0.15, 0.2) is 30.5 Å². The Morgan fingerprint density at radius 1 is 1.39 bits per heavy atom. The lowest BCUT2D eigenvalue weighted by molar-refractivity contribution is 0.0694. The van der Waals surface area contributed by atoms with Gasteiger partial charge in [0.15, 0.2) is 5.75 Å². The number of carboxylic acid groups (broad SMARTS) is 1. The largest absolute Gasteiger partial charge is 0.491 e. The monoisotopic (exact) mass is 249 g/mol. The summed E-state index contributed by atoms with van der Waals surface area (Å²) >= 11 is 0. The predicted molar refractivity (Wildman–Crippen MR) is 64.8 cm³/mol. The molecule has 0 amide bonds. The molecule has 1 aromatic carbocycles. The topological polar surface area (TPSA) is 59.4 Å². The second-order valence-corrected chi connectivity index (χ2v) is 3.71. The minimum atomic E-state index is -1.08. The Morgan fingerprint density at radius 3 is 2.89 bits per heavy atom. The number of hydrogen-bond acceptors (Lipinski definition) is 3. The van der Waals surface area contributed by atoms with Crippen LogP contribution in [0.2, 0.25) is 0 Å². The number of carbonyl (C=O) groups is 1. The molecule has 1 aromatic heterocycles. The molecule has 5 heteroatoms. The molecule has 0 aliphatic carbocycles. The summed E-state index contributed by atoms with van der Waals surface area (Å²) in [5.41, 5.74) is 0.659. The van der Waals surface area contributed by atoms with Gasteiger partial charge in [0, 0.05) is 11.8 Å². The van der Waals surface area contributed by atoms with Crippen molar-refractivity contribution in [1.82, 2.24) is 4.98 Å². The Bertz CT molecular complexity index is 571. The number of ether oxygens (including phenoxy) is 1. The van der Waals surface area contributed by atoms with E-state index in [2.05, 4.69) is 4.98 Å². The van der Waals surface area contributed by atoms with Crippen molar-refractivity contribution in [3.8, 4) is 5.75 Å². The number of para-hydroxylation sites is 1. The summed E-state index contributed by atoms with van der Waals surface area (Å²) in [6.07, 6.45) is 1.59. The fourth-order valence-corrected chi connectivity index (χ4v) is 1.69. The fraction of sp³-hybridized carbons (Fsp3) is 0.231. The quantitative estimate of drug-likeness (QED) is 0.827. The SMILES string of the molecule is O=C(O)c1c(OCCCF)cnc2ccccc12. The van der Waals surface area contributed by atoms with Crippen LogP contribution in [0.4, 0.5) is 4.39 Å². The van der Waals surface area contributed by atoms with Crippen LogP contribution in [0.5, 0.6) is 5.75 Å². The van der Waals surface area contributed by atoms with Gasteiger partial charge in [0.1, 0.15) is 5.56 Å². The third kappa shape index (κ3) is 2.40. The summed E-state index contributed by atoms with van der Waals surface area (Å²) < 4.78 is 17.3. The van der Waals surface area contributed by atoms with E-state index in [4.69, 9.17) is 4.74 Å². The van der Waals surface area contributed by atoms with Crippen molar-refractivity contribution in [3.05, 3.63) is 36.0 Å². The van der Waals surface area contributed by atoms with Crippen molar-refractivity contribution in [1.29, 1.82) is 0 Å². The zero-order valence-corrected chi connectivity index (χ0v) is 9.60. The average molecular weight is 249 g/mol. The van der Waals surface area contributed by atoms with Crippen molar-refractivity contribution < 1.29 is 19.0 Å². The highest BCUT2D eigenvalue weighted by atomic mass is 19.1. The highest BCUT2D eigenvalue weighted by Crippen LogP contribution is 2.26. The van der Waals surface area contributed by atoms with Gasteiger partial charge in [-0.2, -0.15) is 0 Å². The molecule has 1 heterocycles. The normalized spacial score (nSPS) is 10.5. The average Bonchev–Trinajstić information content (AvgIpc) is 2.38. The van der Waals surface area contributed by atoms with Gasteiger partial charge in [0.2, 0.25) is 0 Å². The predicted octanol–water partition coefficient (Wildman–Crippen LogP) is 2.67. The Hall–Kier alpha value is -2.17. The zero-order chi connectivity index (χ0) is 13.0. The molecule has 0 radical (unpaired) electrons. The fourth-order valence-electron chi connectivity index (χ4n) is 1.69. The third-order valence-corrected chi connectivity index (χ3v) is 2.49. The number of benzene rings is 1. The van der Waals surface area contributed by atoms with Gasteiger partial charge in [-0.15, -0.1) is 0 Å². The zero-order valence-electron chi connectivity index (χ0n) is 9.60. The number of fused-ring (bicyclic) bond motifs is 1. The summed E-state index contributed by atoms with van der Waals surface area (Å²) in [6, 6.07) is 6.92. The number of rotatable bonds is 5. The van der Waals surface area contributed by atoms with E-state index in [9.17, 15) is 14.3 Å². The molecule has 0 aliphatic rings. The maximum atomic E-state index is 12.0. The Morgan fingerprint density at radius 2 is 2.17 bits per heavy atom. The summed E-state index contributed by atoms with van der Waals surface area (Å²) in [5, 5.41) is 9.75. The van der Waals surface area contributed by atoms with E-state index in [-0.39, 0.29) is 24.3 Å². The Balaban J connectivity index is 2.46. The number of hydrogen-bond donors (Lipinski definition) is 1. The second kappa shape index (κ2) is 5.44. The molecular formula is C13H12FNO3. The lowest BCUT2D eigenvalue weighted by Crippen LogP contribution is -2.06. The number of halogens is 1. The van der Waals surface area contributed by atoms with Crippen molar-refractivity contribution in [2.75, 3.05) is 13.3 Å². The molecule has 0 spiro atoms. The second-order valence-electron chi connectivity index (χ2n) is 3.71. The lowest BCUT2D eigenvalue weighted by Gasteiger charge is -2.10. The van der Waals surface area contributed by atoms with Crippen molar-refractivity contribution >= 4 is 16.9 Å². The van der Waals surface area contributed by atoms with E-state index < -0.39 is 12.6 Å². The number of aromatic carboxylic acids is 1. The molecule has 2 aromatic rings. The van der Waals surface area contributed by atoms with Gasteiger partial charge in [-0.05, 0) is 6.07 Å². The number of pyridine rings is 1. The van der Waals surface area contributed by atoms with Crippen LogP contribution in [0.25, 0.3) is 10.9 Å². The van der Waals surface area contributed by atoms with E-state index in [1.807, 2.05) is 0 Å². The smallest absolute Gasteiger partial charge is 0.340 e. The summed E-state index contributed by atoms with van der Waals surface area (Å²) in [5.74, 6) is -0.904. The molecule has 0 aliphatic heterocycles. The van der Waals surface area contributed by atoms with Gasteiger partial charge in [-0.25, -0.2) is 4.79 Å². The van der Waals surface area contributed by atoms with Gasteiger partial charge >= 0.3 is 5.97 Å². The van der Waals surface area contributed by atoms with Crippen LogP contribution in [0, 0.1) is 0 Å². The van der Waals surface area contributed by atoms with Crippen LogP contribution < -0.4 is 4.74 Å². The van der Waals surface area contributed by atoms with E-state index >= 15 is 0 Å². The van der Waals surface area contributed by atoms with Crippen molar-refractivity contribution in [3.63, 3.8) is 0 Å². The molecule has 0 fully saturated rings. The summed E-state index contributed by atoms with van der Waals surface area (Å²) in [6.45, 7) is -0.361. The van der Waals surface area contributed by atoms with Gasteiger partial charge in [-0.3, -0.25) is 9.37 Å². The van der Waals surface area contributed by atoms with Gasteiger partial charge in [0.25, 0.3) is 0 Å². The summed E-state index contributed by atoms with van der Waals surface area (Å²) in [7, 11) is 0. The van der Waals surface area contributed by atoms with Crippen molar-refractivity contribution in [2.45, 2.75) is 6.42 Å². The lowest BCUT2D eigenvalue weighted by atomic mass is 10.1. The molecular weight excluding hydrogens is 237 g/mol. The highest BCUT2D eigenvalue weighted by molar-refractivity contribution is 6.04. The van der Waals surface area contributed by atoms with Crippen molar-refractivity contribution in [2.24, 2.45) is 0 Å². The first-order valence-corrected chi connectivity index (χ1v) is 5.54. The number of nitrogens with zero attached hydrogens (tertiary/aromatic N) is 1. The van der Waals surface area contributed by atoms with E-state index in [0.717, 1.165) is 0 Å².